The van der Waals surface area contributed by atoms with E-state index in [1.165, 1.54) is 11.3 Å². The van der Waals surface area contributed by atoms with Crippen LogP contribution in [0.2, 0.25) is 0 Å². The fraction of sp³-hybridized carbons (Fsp3) is 0.515. The topological polar surface area (TPSA) is 147 Å². The van der Waals surface area contributed by atoms with Crippen LogP contribution in [0.25, 0.3) is 0 Å². The summed E-state index contributed by atoms with van der Waals surface area (Å²) in [5.41, 5.74) is -0.169. The molecule has 2 aromatic carbocycles. The van der Waals surface area contributed by atoms with Gasteiger partial charge in [-0.25, -0.2) is 4.98 Å². The first-order valence-corrected chi connectivity index (χ1v) is 16.6. The Labute approximate surface area is 266 Å². The molecule has 0 spiro atoms. The van der Waals surface area contributed by atoms with Crippen molar-refractivity contribution in [3.8, 4) is 5.75 Å². The average molecular weight is 636 g/mol. The second kappa shape index (κ2) is 14.0. The molecule has 1 saturated heterocycles. The van der Waals surface area contributed by atoms with Crippen molar-refractivity contribution in [3.63, 3.8) is 0 Å². The fourth-order valence-electron chi connectivity index (χ4n) is 6.13. The Morgan fingerprint density at radius 2 is 1.78 bits per heavy atom. The zero-order valence-corrected chi connectivity index (χ0v) is 27.0. The number of anilines is 2. The molecule has 5 rings (SSSR count). The van der Waals surface area contributed by atoms with Gasteiger partial charge >= 0.3 is 0 Å². The third-order valence-corrected chi connectivity index (χ3v) is 9.65. The molecule has 45 heavy (non-hydrogen) atoms. The standard InChI is InChI=1S/C33H41N5O6S/c1-18(2)44-30-26(28(40)29(30)41)35-22-13-8-12-21(16-22)27(39)23-17-45-32(36-23)24-14-9-15-38(24)33(43)25(20-10-6-5-7-11-20)37-31(42)19(3)34-4/h8,12-13,16-20,24-25,34-35H,5-7,9-11,14-15H2,1-4H3,(H,37,42)/t19-,24-,25-/m0/s1. The molecule has 0 unspecified atom stereocenters. The van der Waals surface area contributed by atoms with Crippen LogP contribution in [0.5, 0.6) is 5.75 Å². The summed E-state index contributed by atoms with van der Waals surface area (Å²) in [6, 6.07) is 5.37. The van der Waals surface area contributed by atoms with Crippen LogP contribution in [0.3, 0.4) is 0 Å². The predicted molar refractivity (Wildman–Crippen MR) is 173 cm³/mol. The number of nitrogens with one attached hydrogen (secondary N) is 3. The third kappa shape index (κ3) is 7.01. The number of carbonyl (C=O) groups is 3. The van der Waals surface area contributed by atoms with Crippen LogP contribution in [0.1, 0.15) is 92.8 Å². The number of likely N-dealkylation sites (tertiary alicyclic amines) is 1. The van der Waals surface area contributed by atoms with Crippen molar-refractivity contribution in [2.45, 2.75) is 89.9 Å². The van der Waals surface area contributed by atoms with Crippen LogP contribution in [0, 0.1) is 5.92 Å². The minimum absolute atomic E-state index is 0.00614. The number of hydrogen-bond donors (Lipinski definition) is 3. The minimum atomic E-state index is -0.673. The van der Waals surface area contributed by atoms with Crippen molar-refractivity contribution in [1.29, 1.82) is 0 Å². The summed E-state index contributed by atoms with van der Waals surface area (Å²) in [6.07, 6.45) is 6.30. The number of thiazole rings is 1. The average Bonchev–Trinajstić information content (AvgIpc) is 3.75. The molecule has 2 fully saturated rings. The first kappa shape index (κ1) is 32.5. The zero-order chi connectivity index (χ0) is 32.2. The summed E-state index contributed by atoms with van der Waals surface area (Å²) in [6.45, 7) is 5.88. The van der Waals surface area contributed by atoms with Crippen LogP contribution >= 0.6 is 11.3 Å². The van der Waals surface area contributed by atoms with Gasteiger partial charge in [0.05, 0.1) is 18.2 Å². The van der Waals surface area contributed by atoms with E-state index in [-0.39, 0.29) is 52.8 Å². The van der Waals surface area contributed by atoms with Crippen molar-refractivity contribution < 1.29 is 19.1 Å². The van der Waals surface area contributed by atoms with Crippen molar-refractivity contribution in [2.75, 3.05) is 18.9 Å². The SMILES string of the molecule is CN[C@@H](C)C(=O)N[C@H](C(=O)N1CCC[C@H]1c1nc(C(=O)c2cccc(Nc3c(OC(C)C)c(=O)c3=O)c2)cs1)C1CCCCC1. The first-order valence-electron chi connectivity index (χ1n) is 15.7. The molecule has 240 valence electrons. The molecular weight excluding hydrogens is 594 g/mol. The summed E-state index contributed by atoms with van der Waals surface area (Å²) < 4.78 is 5.48. The molecular formula is C33H41N5O6S. The van der Waals surface area contributed by atoms with E-state index >= 15 is 0 Å². The Hall–Kier alpha value is -3.90. The Morgan fingerprint density at radius 1 is 1.02 bits per heavy atom. The molecule has 1 aliphatic heterocycles. The number of likely N-dealkylation sites (N-methyl/N-ethyl adjacent to an activating group) is 1. The maximum absolute atomic E-state index is 14.1. The molecule has 0 radical (unpaired) electrons. The van der Waals surface area contributed by atoms with Gasteiger partial charge in [0.15, 0.2) is 5.75 Å². The first-order chi connectivity index (χ1) is 21.6. The van der Waals surface area contributed by atoms with Crippen molar-refractivity contribution in [3.05, 3.63) is 66.4 Å². The summed E-state index contributed by atoms with van der Waals surface area (Å²) in [5, 5.41) is 11.3. The van der Waals surface area contributed by atoms with Gasteiger partial charge in [0.1, 0.15) is 22.4 Å². The number of aromatic nitrogens is 1. The summed E-state index contributed by atoms with van der Waals surface area (Å²) in [4.78, 5) is 71.0. The second-order valence-corrected chi connectivity index (χ2v) is 13.1. The lowest BCUT2D eigenvalue weighted by Gasteiger charge is -2.35. The molecule has 2 heterocycles. The Morgan fingerprint density at radius 3 is 2.49 bits per heavy atom. The van der Waals surface area contributed by atoms with Gasteiger partial charge < -0.3 is 25.6 Å². The summed E-state index contributed by atoms with van der Waals surface area (Å²) >= 11 is 1.35. The molecule has 3 atom stereocenters. The number of nitrogens with zero attached hydrogens (tertiary/aromatic N) is 2. The van der Waals surface area contributed by atoms with E-state index in [1.54, 1.807) is 57.5 Å². The van der Waals surface area contributed by atoms with Gasteiger partial charge in [-0.05, 0) is 71.6 Å². The predicted octanol–water partition coefficient (Wildman–Crippen LogP) is 3.84. The number of benzene rings is 1. The molecule has 2 amide bonds. The van der Waals surface area contributed by atoms with Gasteiger partial charge in [0.2, 0.25) is 17.6 Å². The van der Waals surface area contributed by atoms with Crippen LogP contribution in [-0.4, -0.2) is 59.3 Å². The van der Waals surface area contributed by atoms with E-state index in [9.17, 15) is 24.0 Å². The second-order valence-electron chi connectivity index (χ2n) is 12.2. The largest absolute Gasteiger partial charge is 0.485 e. The van der Waals surface area contributed by atoms with Gasteiger partial charge in [-0.15, -0.1) is 11.3 Å². The number of ether oxygens (including phenoxy) is 1. The smallest absolute Gasteiger partial charge is 0.272 e. The van der Waals surface area contributed by atoms with E-state index in [0.717, 1.165) is 44.9 Å². The normalized spacial score (nSPS) is 18.6. The fourth-order valence-corrected chi connectivity index (χ4v) is 7.08. The number of ketones is 1. The molecule has 12 heteroatoms. The lowest BCUT2D eigenvalue weighted by atomic mass is 9.83. The zero-order valence-electron chi connectivity index (χ0n) is 26.2. The highest BCUT2D eigenvalue weighted by atomic mass is 32.1. The molecule has 1 saturated carbocycles. The van der Waals surface area contributed by atoms with Gasteiger partial charge in [-0.2, -0.15) is 0 Å². The molecule has 11 nitrogen and oxygen atoms in total. The van der Waals surface area contributed by atoms with Gasteiger partial charge in [0.25, 0.3) is 10.9 Å². The van der Waals surface area contributed by atoms with Gasteiger partial charge in [0, 0.05) is 23.2 Å². The quantitative estimate of drug-likeness (QED) is 0.200. The third-order valence-electron chi connectivity index (χ3n) is 8.70. The lowest BCUT2D eigenvalue weighted by molar-refractivity contribution is -0.139. The Kier molecular flexibility index (Phi) is 10.1. The van der Waals surface area contributed by atoms with Crippen LogP contribution in [-0.2, 0) is 9.59 Å². The monoisotopic (exact) mass is 635 g/mol. The maximum Gasteiger partial charge on any atom is 0.272 e. The van der Waals surface area contributed by atoms with Crippen LogP contribution in [0.4, 0.5) is 11.4 Å². The number of amides is 2. The van der Waals surface area contributed by atoms with Gasteiger partial charge in [-0.3, -0.25) is 24.0 Å². The highest BCUT2D eigenvalue weighted by molar-refractivity contribution is 7.10. The van der Waals surface area contributed by atoms with E-state index in [1.807, 2.05) is 4.90 Å². The summed E-state index contributed by atoms with van der Waals surface area (Å²) in [7, 11) is 1.72. The summed E-state index contributed by atoms with van der Waals surface area (Å²) in [5.74, 6) is -0.485. The molecule has 0 bridgehead atoms. The molecule has 3 N–H and O–H groups in total. The van der Waals surface area contributed by atoms with E-state index in [0.29, 0.717) is 22.8 Å². The number of rotatable bonds is 12. The number of hydrogen-bond acceptors (Lipinski definition) is 10. The highest BCUT2D eigenvalue weighted by Gasteiger charge is 2.40. The number of carbonyl (C=O) groups excluding carboxylic acids is 3. The molecule has 1 aromatic heterocycles. The highest BCUT2D eigenvalue weighted by Crippen LogP contribution is 2.37. The Bertz CT molecular complexity index is 1620. The van der Waals surface area contributed by atoms with Crippen LogP contribution in [0.15, 0.2) is 39.2 Å². The maximum atomic E-state index is 14.1. The minimum Gasteiger partial charge on any atom is -0.485 e. The van der Waals surface area contributed by atoms with Crippen molar-refractivity contribution >= 4 is 40.3 Å². The molecule has 1 aliphatic carbocycles. The van der Waals surface area contributed by atoms with E-state index in [4.69, 9.17) is 4.74 Å². The van der Waals surface area contributed by atoms with Crippen molar-refractivity contribution in [1.82, 2.24) is 20.5 Å². The van der Waals surface area contributed by atoms with E-state index in [2.05, 4.69) is 20.9 Å². The molecule has 3 aromatic rings. The van der Waals surface area contributed by atoms with Gasteiger partial charge in [-0.1, -0.05) is 31.4 Å². The molecule has 2 aliphatic rings. The lowest BCUT2D eigenvalue weighted by Crippen LogP contribution is -2.55. The van der Waals surface area contributed by atoms with Crippen LogP contribution < -0.4 is 31.5 Å². The van der Waals surface area contributed by atoms with E-state index < -0.39 is 22.9 Å². The van der Waals surface area contributed by atoms with Crippen molar-refractivity contribution in [2.24, 2.45) is 5.92 Å². The Balaban J connectivity index is 1.32.